The number of hydrogen-bond acceptors (Lipinski definition) is 2. The Morgan fingerprint density at radius 1 is 1.42 bits per heavy atom. The molecule has 1 atom stereocenters. The number of benzene rings is 1. The molecular formula is C15H18BrN3. The lowest BCUT2D eigenvalue weighted by atomic mass is 10.1. The average molecular weight is 320 g/mol. The van der Waals surface area contributed by atoms with Gasteiger partial charge in [-0.25, -0.2) is 0 Å². The number of rotatable bonds is 3. The molecule has 0 spiro atoms. The van der Waals surface area contributed by atoms with Crippen molar-refractivity contribution in [2.24, 2.45) is 0 Å². The quantitative estimate of drug-likeness (QED) is 0.940. The molecule has 0 aliphatic carbocycles. The van der Waals surface area contributed by atoms with E-state index in [0.717, 1.165) is 17.6 Å². The number of hydrogen-bond donors (Lipinski definition) is 1. The highest BCUT2D eigenvalue weighted by Gasteiger charge is 2.15. The van der Waals surface area contributed by atoms with Gasteiger partial charge in [0, 0.05) is 22.3 Å². The summed E-state index contributed by atoms with van der Waals surface area (Å²) in [5.74, 6) is 0. The molecular weight excluding hydrogens is 302 g/mol. The van der Waals surface area contributed by atoms with E-state index >= 15 is 0 Å². The molecule has 2 aromatic rings. The lowest BCUT2D eigenvalue weighted by Crippen LogP contribution is -2.26. The molecule has 3 rings (SSSR count). The fraction of sp³-hybridized carbons (Fsp3) is 0.400. The minimum Gasteiger partial charge on any atom is -0.312 e. The highest BCUT2D eigenvalue weighted by molar-refractivity contribution is 9.10. The van der Waals surface area contributed by atoms with Crippen LogP contribution in [0, 0.1) is 6.92 Å². The van der Waals surface area contributed by atoms with Crippen molar-refractivity contribution in [2.75, 3.05) is 6.54 Å². The minimum absolute atomic E-state index is 0.581. The zero-order valence-electron chi connectivity index (χ0n) is 11.1. The molecule has 1 N–H and O–H groups in total. The van der Waals surface area contributed by atoms with E-state index in [4.69, 9.17) is 0 Å². The first kappa shape index (κ1) is 12.9. The van der Waals surface area contributed by atoms with Crippen LogP contribution in [-0.2, 0) is 6.54 Å². The molecule has 0 amide bonds. The zero-order valence-corrected chi connectivity index (χ0v) is 12.7. The zero-order chi connectivity index (χ0) is 13.2. The Labute approximate surface area is 122 Å². The van der Waals surface area contributed by atoms with Crippen LogP contribution in [0.15, 0.2) is 35.1 Å². The second-order valence-electron chi connectivity index (χ2n) is 5.21. The van der Waals surface area contributed by atoms with Gasteiger partial charge in [-0.2, -0.15) is 5.10 Å². The molecule has 1 aromatic carbocycles. The summed E-state index contributed by atoms with van der Waals surface area (Å²) < 4.78 is 3.20. The topological polar surface area (TPSA) is 29.9 Å². The molecule has 1 aliphatic rings. The molecule has 1 saturated heterocycles. The van der Waals surface area contributed by atoms with Gasteiger partial charge in [0.1, 0.15) is 0 Å². The molecule has 19 heavy (non-hydrogen) atoms. The van der Waals surface area contributed by atoms with Crippen LogP contribution in [0.4, 0.5) is 0 Å². The van der Waals surface area contributed by atoms with Gasteiger partial charge in [-0.1, -0.05) is 28.1 Å². The van der Waals surface area contributed by atoms with E-state index in [9.17, 15) is 0 Å². The summed E-state index contributed by atoms with van der Waals surface area (Å²) in [7, 11) is 0. The number of halogens is 1. The fourth-order valence-electron chi connectivity index (χ4n) is 2.52. The van der Waals surface area contributed by atoms with Gasteiger partial charge < -0.3 is 5.32 Å². The van der Waals surface area contributed by atoms with Gasteiger partial charge in [0.2, 0.25) is 0 Å². The maximum absolute atomic E-state index is 4.47. The largest absolute Gasteiger partial charge is 0.312 e. The van der Waals surface area contributed by atoms with Crippen LogP contribution in [0.25, 0.3) is 11.1 Å². The van der Waals surface area contributed by atoms with E-state index in [2.05, 4.69) is 57.7 Å². The summed E-state index contributed by atoms with van der Waals surface area (Å²) in [6.07, 6.45) is 6.62. The third kappa shape index (κ3) is 2.90. The Bertz CT molecular complexity index is 571. The van der Waals surface area contributed by atoms with Gasteiger partial charge in [0.25, 0.3) is 0 Å². The summed E-state index contributed by atoms with van der Waals surface area (Å²) in [6, 6.07) is 7.02. The number of aromatic nitrogens is 2. The van der Waals surface area contributed by atoms with Crippen LogP contribution in [0.5, 0.6) is 0 Å². The molecule has 2 heterocycles. The van der Waals surface area contributed by atoms with Gasteiger partial charge in [-0.05, 0) is 43.5 Å². The number of aryl methyl sites for hydroxylation is 1. The number of nitrogens with zero attached hydrogens (tertiary/aromatic N) is 2. The van der Waals surface area contributed by atoms with Crippen LogP contribution in [0.3, 0.4) is 0 Å². The Balaban J connectivity index is 1.78. The summed E-state index contributed by atoms with van der Waals surface area (Å²) in [6.45, 7) is 4.21. The maximum atomic E-state index is 4.47. The molecule has 0 radical (unpaired) electrons. The molecule has 1 aromatic heterocycles. The van der Waals surface area contributed by atoms with Crippen molar-refractivity contribution in [2.45, 2.75) is 32.4 Å². The van der Waals surface area contributed by atoms with Crippen LogP contribution in [0.1, 0.15) is 18.4 Å². The predicted molar refractivity (Wildman–Crippen MR) is 81.1 cm³/mol. The SMILES string of the molecule is Cc1ccc(-c2cnn(CC3CCCN3)c2)cc1Br. The highest BCUT2D eigenvalue weighted by Crippen LogP contribution is 2.25. The molecule has 100 valence electrons. The first-order chi connectivity index (χ1) is 9.22. The first-order valence-corrected chi connectivity index (χ1v) is 7.54. The minimum atomic E-state index is 0.581. The van der Waals surface area contributed by atoms with Gasteiger partial charge in [-0.15, -0.1) is 0 Å². The van der Waals surface area contributed by atoms with E-state index in [0.29, 0.717) is 6.04 Å². The predicted octanol–water partition coefficient (Wildman–Crippen LogP) is 3.37. The highest BCUT2D eigenvalue weighted by atomic mass is 79.9. The van der Waals surface area contributed by atoms with E-state index in [-0.39, 0.29) is 0 Å². The fourth-order valence-corrected chi connectivity index (χ4v) is 2.90. The summed E-state index contributed by atoms with van der Waals surface area (Å²) >= 11 is 3.58. The first-order valence-electron chi connectivity index (χ1n) is 6.75. The molecule has 3 nitrogen and oxygen atoms in total. The Morgan fingerprint density at radius 3 is 3.05 bits per heavy atom. The third-order valence-corrected chi connectivity index (χ3v) is 4.56. The smallest absolute Gasteiger partial charge is 0.0568 e. The van der Waals surface area contributed by atoms with Crippen molar-refractivity contribution >= 4 is 15.9 Å². The maximum Gasteiger partial charge on any atom is 0.0568 e. The van der Waals surface area contributed by atoms with Gasteiger partial charge >= 0.3 is 0 Å². The summed E-state index contributed by atoms with van der Waals surface area (Å²) in [5, 5.41) is 7.97. The van der Waals surface area contributed by atoms with E-state index in [1.165, 1.54) is 29.5 Å². The van der Waals surface area contributed by atoms with E-state index in [1.54, 1.807) is 0 Å². The van der Waals surface area contributed by atoms with E-state index in [1.807, 2.05) is 10.9 Å². The van der Waals surface area contributed by atoms with Crippen molar-refractivity contribution in [1.82, 2.24) is 15.1 Å². The molecule has 0 bridgehead atoms. The molecule has 1 fully saturated rings. The van der Waals surface area contributed by atoms with Crippen molar-refractivity contribution in [3.63, 3.8) is 0 Å². The Hall–Kier alpha value is -1.13. The third-order valence-electron chi connectivity index (χ3n) is 3.71. The van der Waals surface area contributed by atoms with Crippen LogP contribution in [0.2, 0.25) is 0 Å². The second kappa shape index (κ2) is 5.47. The van der Waals surface area contributed by atoms with Crippen molar-refractivity contribution in [3.8, 4) is 11.1 Å². The Kier molecular flexibility index (Phi) is 3.71. The monoisotopic (exact) mass is 319 g/mol. The van der Waals surface area contributed by atoms with Gasteiger partial charge in [-0.3, -0.25) is 4.68 Å². The van der Waals surface area contributed by atoms with Crippen molar-refractivity contribution in [1.29, 1.82) is 0 Å². The molecule has 1 unspecified atom stereocenters. The van der Waals surface area contributed by atoms with Gasteiger partial charge in [0.15, 0.2) is 0 Å². The van der Waals surface area contributed by atoms with E-state index < -0.39 is 0 Å². The lowest BCUT2D eigenvalue weighted by Gasteiger charge is -2.09. The second-order valence-corrected chi connectivity index (χ2v) is 6.06. The lowest BCUT2D eigenvalue weighted by molar-refractivity contribution is 0.476. The van der Waals surface area contributed by atoms with Crippen molar-refractivity contribution in [3.05, 3.63) is 40.6 Å². The van der Waals surface area contributed by atoms with Gasteiger partial charge in [0.05, 0.1) is 12.7 Å². The van der Waals surface area contributed by atoms with Crippen LogP contribution in [-0.4, -0.2) is 22.4 Å². The molecule has 4 heteroatoms. The Morgan fingerprint density at radius 2 is 2.32 bits per heavy atom. The molecule has 1 aliphatic heterocycles. The normalized spacial score (nSPS) is 18.9. The standard InChI is InChI=1S/C15H18BrN3/c1-11-4-5-12(7-15(11)16)13-8-18-19(9-13)10-14-3-2-6-17-14/h4-5,7-9,14,17H,2-3,6,10H2,1H3. The molecule has 0 saturated carbocycles. The average Bonchev–Trinajstić information content (AvgIpc) is 3.05. The van der Waals surface area contributed by atoms with Crippen LogP contribution >= 0.6 is 15.9 Å². The number of nitrogens with one attached hydrogen (secondary N) is 1. The summed E-state index contributed by atoms with van der Waals surface area (Å²) in [5.41, 5.74) is 3.65. The van der Waals surface area contributed by atoms with Crippen molar-refractivity contribution < 1.29 is 0 Å². The summed E-state index contributed by atoms with van der Waals surface area (Å²) in [4.78, 5) is 0. The van der Waals surface area contributed by atoms with Crippen LogP contribution < -0.4 is 5.32 Å².